The van der Waals surface area contributed by atoms with E-state index in [2.05, 4.69) is 10.4 Å². The summed E-state index contributed by atoms with van der Waals surface area (Å²) in [6.45, 7) is 0.788. The number of rotatable bonds is 5. The summed E-state index contributed by atoms with van der Waals surface area (Å²) in [6.07, 6.45) is 2.34. The van der Waals surface area contributed by atoms with Gasteiger partial charge in [0.05, 0.1) is 17.4 Å². The Kier molecular flexibility index (Phi) is 4.65. The Bertz CT molecular complexity index is 1200. The van der Waals surface area contributed by atoms with E-state index in [1.54, 1.807) is 35.4 Å². The molecule has 1 aliphatic carbocycles. The summed E-state index contributed by atoms with van der Waals surface area (Å²) >= 11 is 0. The number of amides is 3. The van der Waals surface area contributed by atoms with Gasteiger partial charge in [0.15, 0.2) is 0 Å². The van der Waals surface area contributed by atoms with Gasteiger partial charge in [0.2, 0.25) is 5.91 Å². The Morgan fingerprint density at radius 2 is 1.84 bits per heavy atom. The van der Waals surface area contributed by atoms with Crippen molar-refractivity contribution in [2.45, 2.75) is 18.9 Å². The molecule has 1 aromatic heterocycles. The quantitative estimate of drug-likeness (QED) is 0.685. The second kappa shape index (κ2) is 7.50. The molecule has 31 heavy (non-hydrogen) atoms. The predicted octanol–water partition coefficient (Wildman–Crippen LogP) is 2.25. The lowest BCUT2D eigenvalue weighted by molar-refractivity contribution is -0.128. The molecule has 0 unspecified atom stereocenters. The monoisotopic (exact) mass is 421 g/mol. The van der Waals surface area contributed by atoms with Crippen LogP contribution in [0.15, 0.2) is 48.7 Å². The van der Waals surface area contributed by atoms with Gasteiger partial charge >= 0.3 is 6.03 Å². The molecule has 0 bridgehead atoms. The van der Waals surface area contributed by atoms with E-state index in [0.29, 0.717) is 42.8 Å². The first-order valence-corrected chi connectivity index (χ1v) is 10.1. The number of Topliss-reactive ketones (excluding diaryl/α,β-unsaturated/α-hetero) is 1. The Morgan fingerprint density at radius 1 is 1.06 bits per heavy atom. The maximum absolute atomic E-state index is 14.3. The van der Waals surface area contributed by atoms with Crippen LogP contribution < -0.4 is 10.2 Å². The van der Waals surface area contributed by atoms with Crippen LogP contribution >= 0.6 is 0 Å². The smallest absolute Gasteiger partial charge is 0.325 e. The van der Waals surface area contributed by atoms with Crippen molar-refractivity contribution in [1.29, 1.82) is 0 Å². The number of benzene rings is 2. The minimum absolute atomic E-state index is 0.0511. The molecule has 158 valence electrons. The summed E-state index contributed by atoms with van der Waals surface area (Å²) in [5.74, 6) is -0.517. The molecule has 2 aromatic carbocycles. The van der Waals surface area contributed by atoms with Crippen molar-refractivity contribution in [2.75, 3.05) is 24.5 Å². The van der Waals surface area contributed by atoms with Crippen molar-refractivity contribution in [2.24, 2.45) is 0 Å². The number of nitrogens with one attached hydrogen (secondary N) is 1. The number of urea groups is 1. The van der Waals surface area contributed by atoms with Crippen LogP contribution in [0.25, 0.3) is 16.6 Å². The zero-order valence-corrected chi connectivity index (χ0v) is 16.6. The van der Waals surface area contributed by atoms with E-state index in [1.165, 1.54) is 15.6 Å². The lowest BCUT2D eigenvalue weighted by Crippen LogP contribution is -2.48. The molecule has 0 atom stereocenters. The minimum Gasteiger partial charge on any atom is -0.351 e. The van der Waals surface area contributed by atoms with Crippen molar-refractivity contribution < 1.29 is 18.8 Å². The fourth-order valence-electron chi connectivity index (χ4n) is 4.08. The number of anilines is 1. The number of carbonyl (C=O) groups is 3. The molecule has 0 radical (unpaired) electrons. The van der Waals surface area contributed by atoms with Gasteiger partial charge in [-0.05, 0) is 24.3 Å². The molecule has 8 nitrogen and oxygen atoms in total. The summed E-state index contributed by atoms with van der Waals surface area (Å²) in [6, 6.07) is 11.4. The van der Waals surface area contributed by atoms with E-state index in [1.807, 2.05) is 12.1 Å². The molecule has 9 heteroatoms. The van der Waals surface area contributed by atoms with Gasteiger partial charge in [-0.25, -0.2) is 13.9 Å². The third-order valence-corrected chi connectivity index (χ3v) is 5.70. The van der Waals surface area contributed by atoms with Gasteiger partial charge in [-0.1, -0.05) is 18.2 Å². The van der Waals surface area contributed by atoms with Crippen LogP contribution in [-0.2, 0) is 9.59 Å². The van der Waals surface area contributed by atoms with Gasteiger partial charge in [0.25, 0.3) is 0 Å². The SMILES string of the molecule is O=C1CC(NC(=O)CN2CCN(c3cccc4c3cnn4-c3ccccc3F)C2=O)C1. The second-order valence-corrected chi connectivity index (χ2v) is 7.78. The molecule has 2 heterocycles. The van der Waals surface area contributed by atoms with Crippen molar-refractivity contribution in [3.8, 4) is 5.69 Å². The minimum atomic E-state index is -0.388. The van der Waals surface area contributed by atoms with Crippen LogP contribution in [0.3, 0.4) is 0 Å². The fourth-order valence-corrected chi connectivity index (χ4v) is 4.08. The molecule has 2 fully saturated rings. The molecule has 5 rings (SSSR count). The van der Waals surface area contributed by atoms with E-state index >= 15 is 0 Å². The molecule has 1 saturated heterocycles. The highest BCUT2D eigenvalue weighted by Gasteiger charge is 2.34. The van der Waals surface area contributed by atoms with Gasteiger partial charge in [0, 0.05) is 37.4 Å². The predicted molar refractivity (Wildman–Crippen MR) is 112 cm³/mol. The van der Waals surface area contributed by atoms with E-state index in [-0.39, 0.29) is 36.1 Å². The maximum Gasteiger partial charge on any atom is 0.325 e. The lowest BCUT2D eigenvalue weighted by atomic mass is 9.91. The van der Waals surface area contributed by atoms with Crippen molar-refractivity contribution in [3.63, 3.8) is 0 Å². The van der Waals surface area contributed by atoms with Crippen molar-refractivity contribution >= 4 is 34.3 Å². The van der Waals surface area contributed by atoms with Gasteiger partial charge in [0.1, 0.15) is 23.8 Å². The number of aromatic nitrogens is 2. The van der Waals surface area contributed by atoms with Crippen molar-refractivity contribution in [3.05, 3.63) is 54.5 Å². The Hall–Kier alpha value is -3.75. The largest absolute Gasteiger partial charge is 0.351 e. The Balaban J connectivity index is 1.36. The molecular formula is C22H20FN5O3. The van der Waals surface area contributed by atoms with Gasteiger partial charge in [-0.15, -0.1) is 0 Å². The van der Waals surface area contributed by atoms with Crippen LogP contribution in [0, 0.1) is 5.82 Å². The lowest BCUT2D eigenvalue weighted by Gasteiger charge is -2.26. The van der Waals surface area contributed by atoms with E-state index < -0.39 is 0 Å². The summed E-state index contributed by atoms with van der Waals surface area (Å²) < 4.78 is 15.8. The highest BCUT2D eigenvalue weighted by Crippen LogP contribution is 2.31. The molecule has 3 amide bonds. The third kappa shape index (κ3) is 3.41. The second-order valence-electron chi connectivity index (χ2n) is 7.78. The van der Waals surface area contributed by atoms with Crippen LogP contribution in [0.2, 0.25) is 0 Å². The first kappa shape index (κ1) is 19.2. The summed E-state index contributed by atoms with van der Waals surface area (Å²) in [5, 5.41) is 7.84. The Morgan fingerprint density at radius 3 is 2.61 bits per heavy atom. The number of hydrogen-bond donors (Lipinski definition) is 1. The normalized spacial score (nSPS) is 16.8. The molecule has 1 N–H and O–H groups in total. The number of hydrogen-bond acceptors (Lipinski definition) is 4. The van der Waals surface area contributed by atoms with Crippen LogP contribution in [0.1, 0.15) is 12.8 Å². The molecule has 1 saturated carbocycles. The maximum atomic E-state index is 14.3. The van der Waals surface area contributed by atoms with Crippen molar-refractivity contribution in [1.82, 2.24) is 20.0 Å². The fraction of sp³-hybridized carbons (Fsp3) is 0.273. The first-order chi connectivity index (χ1) is 15.0. The van der Waals surface area contributed by atoms with Crippen LogP contribution in [0.4, 0.5) is 14.9 Å². The zero-order chi connectivity index (χ0) is 21.5. The summed E-state index contributed by atoms with van der Waals surface area (Å²) in [7, 11) is 0. The molecule has 3 aromatic rings. The van der Waals surface area contributed by atoms with Crippen LogP contribution in [0.5, 0.6) is 0 Å². The molecule has 2 aliphatic rings. The zero-order valence-electron chi connectivity index (χ0n) is 16.6. The molecule has 0 spiro atoms. The average molecular weight is 421 g/mol. The Labute approximate surface area is 177 Å². The van der Waals surface area contributed by atoms with E-state index in [9.17, 15) is 18.8 Å². The number of nitrogens with zero attached hydrogens (tertiary/aromatic N) is 4. The summed E-state index contributed by atoms with van der Waals surface area (Å²) in [4.78, 5) is 39.3. The number of carbonyl (C=O) groups excluding carboxylic acids is 3. The van der Waals surface area contributed by atoms with Gasteiger partial charge in [-0.3, -0.25) is 14.5 Å². The summed E-state index contributed by atoms with van der Waals surface area (Å²) in [5.41, 5.74) is 1.68. The average Bonchev–Trinajstić information content (AvgIpc) is 3.31. The first-order valence-electron chi connectivity index (χ1n) is 10.1. The number of para-hydroxylation sites is 1. The number of halogens is 1. The highest BCUT2D eigenvalue weighted by atomic mass is 19.1. The van der Waals surface area contributed by atoms with Gasteiger partial charge < -0.3 is 10.2 Å². The topological polar surface area (TPSA) is 87.5 Å². The van der Waals surface area contributed by atoms with E-state index in [0.717, 1.165) is 5.39 Å². The highest BCUT2D eigenvalue weighted by molar-refractivity contribution is 6.04. The third-order valence-electron chi connectivity index (χ3n) is 5.70. The van der Waals surface area contributed by atoms with Gasteiger partial charge in [-0.2, -0.15) is 5.10 Å². The standard InChI is InChI=1S/C22H20FN5O3/c23-17-4-1-2-5-20(17)28-19-7-3-6-18(16(19)12-24-28)27-9-8-26(22(27)31)13-21(30)25-14-10-15(29)11-14/h1-7,12,14H,8-11,13H2,(H,25,30). The molecule has 1 aliphatic heterocycles. The van der Waals surface area contributed by atoms with E-state index in [4.69, 9.17) is 0 Å². The number of fused-ring (bicyclic) bond motifs is 1. The molecular weight excluding hydrogens is 401 g/mol. The van der Waals surface area contributed by atoms with Crippen LogP contribution in [-0.4, -0.2) is 58.1 Å². The number of ketones is 1.